The van der Waals surface area contributed by atoms with Gasteiger partial charge in [-0.1, -0.05) is 44.6 Å². The molecular weight excluding hydrogens is 303 g/mol. The van der Waals surface area contributed by atoms with Gasteiger partial charge >= 0.3 is 0 Å². The third kappa shape index (κ3) is 2.23. The minimum atomic E-state index is 1.08. The Hall–Kier alpha value is 0.430. The lowest BCUT2D eigenvalue weighted by Gasteiger charge is -1.98. The molecule has 2 heteroatoms. The van der Waals surface area contributed by atoms with E-state index in [-0.39, 0.29) is 0 Å². The molecule has 0 bridgehead atoms. The molecule has 0 radical (unpaired) electrons. The van der Waals surface area contributed by atoms with Crippen molar-refractivity contribution in [3.8, 4) is 0 Å². The minimum absolute atomic E-state index is 1.08. The summed E-state index contributed by atoms with van der Waals surface area (Å²) >= 11 is 5.82. The van der Waals surface area contributed by atoms with E-state index in [0.29, 0.717) is 0 Å². The zero-order valence-electron chi connectivity index (χ0n) is 5.70. The number of hydrogen-bond donors (Lipinski definition) is 0. The normalized spacial score (nSPS) is 9.90. The van der Waals surface area contributed by atoms with Crippen LogP contribution in [-0.2, 0) is 4.43 Å². The number of halogens is 2. The van der Waals surface area contributed by atoms with Gasteiger partial charge in [-0.2, -0.15) is 0 Å². The van der Waals surface area contributed by atoms with Gasteiger partial charge in [-0.15, -0.1) is 0 Å². The second kappa shape index (κ2) is 3.72. The molecule has 0 saturated carbocycles. The molecule has 0 unspecified atom stereocenters. The standard InChI is InChI=1S/C8H8BrI/c1-6-2-7(5-10)4-8(9)3-6/h2-4H,5H2,1H3. The summed E-state index contributed by atoms with van der Waals surface area (Å²) in [7, 11) is 0. The Morgan fingerprint density at radius 1 is 1.40 bits per heavy atom. The highest BCUT2D eigenvalue weighted by Crippen LogP contribution is 2.16. The predicted octanol–water partition coefficient (Wildman–Crippen LogP) is 3.69. The second-order valence-electron chi connectivity index (χ2n) is 2.27. The van der Waals surface area contributed by atoms with Crippen LogP contribution in [-0.4, -0.2) is 0 Å². The van der Waals surface area contributed by atoms with Crippen LogP contribution >= 0.6 is 38.5 Å². The van der Waals surface area contributed by atoms with Crippen molar-refractivity contribution in [1.29, 1.82) is 0 Å². The summed E-state index contributed by atoms with van der Waals surface area (Å²) in [6.45, 7) is 2.11. The van der Waals surface area contributed by atoms with E-state index in [9.17, 15) is 0 Å². The topological polar surface area (TPSA) is 0 Å². The molecule has 1 aromatic carbocycles. The molecule has 0 nitrogen and oxygen atoms in total. The Morgan fingerprint density at radius 3 is 2.60 bits per heavy atom. The van der Waals surface area contributed by atoms with E-state index in [4.69, 9.17) is 0 Å². The molecule has 1 aromatic rings. The van der Waals surface area contributed by atoms with Gasteiger partial charge in [0.05, 0.1) is 0 Å². The fourth-order valence-corrected chi connectivity index (χ4v) is 1.98. The first-order valence-corrected chi connectivity index (χ1v) is 5.36. The van der Waals surface area contributed by atoms with Crippen molar-refractivity contribution < 1.29 is 0 Å². The highest BCUT2D eigenvalue weighted by molar-refractivity contribution is 14.1. The van der Waals surface area contributed by atoms with Crippen LogP contribution in [0.15, 0.2) is 22.7 Å². The number of aryl methyl sites for hydroxylation is 1. The summed E-state index contributed by atoms with van der Waals surface area (Å²) in [5, 5.41) is 0. The number of rotatable bonds is 1. The smallest absolute Gasteiger partial charge is 0.0247 e. The lowest BCUT2D eigenvalue weighted by Crippen LogP contribution is -1.79. The van der Waals surface area contributed by atoms with Crippen molar-refractivity contribution in [3.63, 3.8) is 0 Å². The summed E-state index contributed by atoms with van der Waals surface area (Å²) in [6, 6.07) is 6.48. The van der Waals surface area contributed by atoms with Gasteiger partial charge in [-0.05, 0) is 30.2 Å². The van der Waals surface area contributed by atoms with Gasteiger partial charge < -0.3 is 0 Å². The lowest BCUT2D eigenvalue weighted by molar-refractivity contribution is 1.36. The molecular formula is C8H8BrI. The average Bonchev–Trinajstić information content (AvgIpc) is 1.85. The monoisotopic (exact) mass is 310 g/mol. The molecule has 0 N–H and O–H groups in total. The van der Waals surface area contributed by atoms with Crippen LogP contribution in [0.4, 0.5) is 0 Å². The summed E-state index contributed by atoms with van der Waals surface area (Å²) in [4.78, 5) is 0. The Labute approximate surface area is 83.3 Å². The Morgan fingerprint density at radius 2 is 2.10 bits per heavy atom. The second-order valence-corrected chi connectivity index (χ2v) is 3.95. The third-order valence-corrected chi connectivity index (χ3v) is 2.59. The first-order chi connectivity index (χ1) is 4.72. The van der Waals surface area contributed by atoms with Crippen molar-refractivity contribution in [1.82, 2.24) is 0 Å². The Kier molecular flexibility index (Phi) is 3.17. The third-order valence-electron chi connectivity index (χ3n) is 1.26. The summed E-state index contributed by atoms with van der Waals surface area (Å²) in [6.07, 6.45) is 0. The van der Waals surface area contributed by atoms with Crippen molar-refractivity contribution in [3.05, 3.63) is 33.8 Å². The summed E-state index contributed by atoms with van der Waals surface area (Å²) in [5.41, 5.74) is 2.70. The molecule has 0 saturated heterocycles. The van der Waals surface area contributed by atoms with Crippen LogP contribution < -0.4 is 0 Å². The quantitative estimate of drug-likeness (QED) is 0.548. The Bertz CT molecular complexity index is 212. The number of alkyl halides is 1. The van der Waals surface area contributed by atoms with Gasteiger partial charge in [0.1, 0.15) is 0 Å². The number of hydrogen-bond acceptors (Lipinski definition) is 0. The van der Waals surface area contributed by atoms with Crippen LogP contribution in [0.25, 0.3) is 0 Å². The average molecular weight is 311 g/mol. The number of benzene rings is 1. The fraction of sp³-hybridized carbons (Fsp3) is 0.250. The van der Waals surface area contributed by atoms with Crippen LogP contribution in [0.5, 0.6) is 0 Å². The van der Waals surface area contributed by atoms with Crippen LogP contribution in [0.3, 0.4) is 0 Å². The highest BCUT2D eigenvalue weighted by atomic mass is 127. The molecule has 0 aliphatic rings. The zero-order valence-corrected chi connectivity index (χ0v) is 9.44. The zero-order chi connectivity index (χ0) is 7.56. The SMILES string of the molecule is Cc1cc(Br)cc(CI)c1. The maximum absolute atomic E-state index is 3.45. The van der Waals surface area contributed by atoms with Gasteiger partial charge in [0.25, 0.3) is 0 Å². The molecule has 0 spiro atoms. The lowest BCUT2D eigenvalue weighted by atomic mass is 10.2. The first-order valence-electron chi connectivity index (χ1n) is 3.04. The largest absolute Gasteiger partial charge is 0.0812 e. The van der Waals surface area contributed by atoms with Crippen LogP contribution in [0.1, 0.15) is 11.1 Å². The Balaban J connectivity index is 3.06. The van der Waals surface area contributed by atoms with Gasteiger partial charge in [0, 0.05) is 8.90 Å². The van der Waals surface area contributed by atoms with Crippen molar-refractivity contribution in [2.45, 2.75) is 11.4 Å². The van der Waals surface area contributed by atoms with E-state index in [0.717, 1.165) is 4.43 Å². The van der Waals surface area contributed by atoms with E-state index in [1.54, 1.807) is 0 Å². The maximum Gasteiger partial charge on any atom is 0.0247 e. The first kappa shape index (κ1) is 8.53. The fourth-order valence-electron chi connectivity index (χ4n) is 0.889. The van der Waals surface area contributed by atoms with E-state index in [1.807, 2.05) is 0 Å². The van der Waals surface area contributed by atoms with Gasteiger partial charge in [-0.3, -0.25) is 0 Å². The molecule has 0 aliphatic heterocycles. The molecule has 54 valence electrons. The van der Waals surface area contributed by atoms with Crippen molar-refractivity contribution in [2.75, 3.05) is 0 Å². The molecule has 10 heavy (non-hydrogen) atoms. The van der Waals surface area contributed by atoms with Crippen molar-refractivity contribution >= 4 is 38.5 Å². The van der Waals surface area contributed by atoms with Gasteiger partial charge in [0.15, 0.2) is 0 Å². The van der Waals surface area contributed by atoms with Gasteiger partial charge in [0.2, 0.25) is 0 Å². The molecule has 0 amide bonds. The van der Waals surface area contributed by atoms with Crippen molar-refractivity contribution in [2.24, 2.45) is 0 Å². The molecule has 0 aliphatic carbocycles. The maximum atomic E-state index is 3.45. The van der Waals surface area contributed by atoms with E-state index >= 15 is 0 Å². The molecule has 0 atom stereocenters. The van der Waals surface area contributed by atoms with E-state index < -0.39 is 0 Å². The molecule has 1 rings (SSSR count). The summed E-state index contributed by atoms with van der Waals surface area (Å²) in [5.74, 6) is 0. The minimum Gasteiger partial charge on any atom is -0.0812 e. The molecule has 0 fully saturated rings. The molecule has 0 aromatic heterocycles. The molecule has 0 heterocycles. The highest BCUT2D eigenvalue weighted by Gasteiger charge is 1.93. The van der Waals surface area contributed by atoms with Crippen LogP contribution in [0.2, 0.25) is 0 Å². The van der Waals surface area contributed by atoms with E-state index in [2.05, 4.69) is 63.6 Å². The van der Waals surface area contributed by atoms with E-state index in [1.165, 1.54) is 15.6 Å². The van der Waals surface area contributed by atoms with Gasteiger partial charge in [-0.25, -0.2) is 0 Å². The summed E-state index contributed by atoms with van der Waals surface area (Å²) < 4.78 is 2.26. The predicted molar refractivity (Wildman–Crippen MR) is 56.6 cm³/mol. The van der Waals surface area contributed by atoms with Crippen LogP contribution in [0, 0.1) is 6.92 Å².